The maximum atomic E-state index is 13.0. The predicted molar refractivity (Wildman–Crippen MR) is 89.5 cm³/mol. The Hall–Kier alpha value is -2.36. The minimum absolute atomic E-state index is 0.0743. The van der Waals surface area contributed by atoms with Crippen LogP contribution in [0.25, 0.3) is 0 Å². The van der Waals surface area contributed by atoms with Crippen LogP contribution in [0.2, 0.25) is 0 Å². The normalized spacial score (nSPS) is 12.8. The van der Waals surface area contributed by atoms with Gasteiger partial charge in [0.15, 0.2) is 0 Å². The summed E-state index contributed by atoms with van der Waals surface area (Å²) in [6.45, 7) is 6.30. The number of benzene rings is 1. The number of carbonyl (C=O) groups is 1. The topological polar surface area (TPSA) is 42.4 Å². The van der Waals surface area contributed by atoms with E-state index in [2.05, 4.69) is 18.8 Å². The number of fused-ring (bicyclic) bond motifs is 1. The zero-order chi connectivity index (χ0) is 16.2. The van der Waals surface area contributed by atoms with E-state index in [1.54, 1.807) is 12.4 Å². The van der Waals surface area contributed by atoms with Crippen LogP contribution in [0.5, 0.6) is 5.75 Å². The molecule has 1 aliphatic rings. The van der Waals surface area contributed by atoms with Crippen molar-refractivity contribution in [3.05, 3.63) is 59.4 Å². The van der Waals surface area contributed by atoms with Gasteiger partial charge < -0.3 is 9.64 Å². The fourth-order valence-corrected chi connectivity index (χ4v) is 2.87. The van der Waals surface area contributed by atoms with Crippen LogP contribution in [0, 0.1) is 5.92 Å². The second-order valence-electron chi connectivity index (χ2n) is 6.36. The summed E-state index contributed by atoms with van der Waals surface area (Å²) in [5.74, 6) is 1.40. The first-order valence-corrected chi connectivity index (χ1v) is 8.07. The van der Waals surface area contributed by atoms with Crippen LogP contribution >= 0.6 is 0 Å². The van der Waals surface area contributed by atoms with E-state index in [4.69, 9.17) is 4.74 Å². The Balaban J connectivity index is 1.82. The summed E-state index contributed by atoms with van der Waals surface area (Å²) in [5.41, 5.74) is 2.96. The lowest BCUT2D eigenvalue weighted by atomic mass is 10.1. The molecule has 0 radical (unpaired) electrons. The maximum absolute atomic E-state index is 13.0. The minimum Gasteiger partial charge on any atom is -0.493 e. The summed E-state index contributed by atoms with van der Waals surface area (Å²) in [6.07, 6.45) is 4.41. The molecule has 3 rings (SSSR count). The molecule has 0 aliphatic carbocycles. The monoisotopic (exact) mass is 310 g/mol. The van der Waals surface area contributed by atoms with Crippen LogP contribution in [0.15, 0.2) is 42.7 Å². The second-order valence-corrected chi connectivity index (χ2v) is 6.36. The Bertz CT molecular complexity index is 683. The van der Waals surface area contributed by atoms with Crippen molar-refractivity contribution >= 4 is 5.91 Å². The fourth-order valence-electron chi connectivity index (χ4n) is 2.87. The van der Waals surface area contributed by atoms with E-state index in [1.165, 1.54) is 0 Å². The summed E-state index contributed by atoms with van der Waals surface area (Å²) in [5, 5.41) is 0. The number of rotatable bonds is 5. The highest BCUT2D eigenvalue weighted by Gasteiger charge is 2.20. The Morgan fingerprint density at radius 1 is 1.26 bits per heavy atom. The van der Waals surface area contributed by atoms with Crippen molar-refractivity contribution in [2.24, 2.45) is 5.92 Å². The van der Waals surface area contributed by atoms with Gasteiger partial charge in [0, 0.05) is 37.5 Å². The first-order valence-electron chi connectivity index (χ1n) is 8.07. The van der Waals surface area contributed by atoms with Crippen molar-refractivity contribution < 1.29 is 9.53 Å². The smallest absolute Gasteiger partial charge is 0.254 e. The molecule has 120 valence electrons. The molecule has 0 atom stereocenters. The molecule has 4 nitrogen and oxygen atoms in total. The van der Waals surface area contributed by atoms with Gasteiger partial charge >= 0.3 is 0 Å². The highest BCUT2D eigenvalue weighted by molar-refractivity contribution is 5.94. The maximum Gasteiger partial charge on any atom is 0.254 e. The summed E-state index contributed by atoms with van der Waals surface area (Å²) in [4.78, 5) is 18.9. The fraction of sp³-hybridized carbons (Fsp3) is 0.368. The van der Waals surface area contributed by atoms with E-state index in [9.17, 15) is 4.79 Å². The first kappa shape index (κ1) is 15.5. The highest BCUT2D eigenvalue weighted by atomic mass is 16.5. The molecule has 1 aliphatic heterocycles. The van der Waals surface area contributed by atoms with Crippen LogP contribution in [-0.2, 0) is 13.0 Å². The average Bonchev–Trinajstić information content (AvgIpc) is 3.01. The van der Waals surface area contributed by atoms with Crippen molar-refractivity contribution in [3.63, 3.8) is 0 Å². The molecule has 1 aromatic heterocycles. The molecule has 1 amide bonds. The second kappa shape index (κ2) is 6.82. The van der Waals surface area contributed by atoms with Crippen molar-refractivity contribution in [1.82, 2.24) is 9.88 Å². The summed E-state index contributed by atoms with van der Waals surface area (Å²) < 4.78 is 5.52. The summed E-state index contributed by atoms with van der Waals surface area (Å²) in [6, 6.07) is 9.67. The molecule has 0 N–H and O–H groups in total. The Morgan fingerprint density at radius 2 is 2.04 bits per heavy atom. The van der Waals surface area contributed by atoms with Gasteiger partial charge in [0.2, 0.25) is 0 Å². The number of hydrogen-bond acceptors (Lipinski definition) is 3. The largest absolute Gasteiger partial charge is 0.493 e. The van der Waals surface area contributed by atoms with E-state index in [-0.39, 0.29) is 5.91 Å². The molecule has 2 heterocycles. The van der Waals surface area contributed by atoms with Crippen LogP contribution in [-0.4, -0.2) is 28.9 Å². The van der Waals surface area contributed by atoms with Crippen molar-refractivity contribution in [3.8, 4) is 5.75 Å². The average molecular weight is 310 g/mol. The van der Waals surface area contributed by atoms with Gasteiger partial charge in [0.05, 0.1) is 6.61 Å². The third-order valence-corrected chi connectivity index (χ3v) is 3.93. The van der Waals surface area contributed by atoms with Gasteiger partial charge in [-0.2, -0.15) is 0 Å². The zero-order valence-electron chi connectivity index (χ0n) is 13.7. The van der Waals surface area contributed by atoms with Gasteiger partial charge in [0.1, 0.15) is 5.75 Å². The lowest BCUT2D eigenvalue weighted by Gasteiger charge is -2.25. The van der Waals surface area contributed by atoms with Crippen LogP contribution in [0.3, 0.4) is 0 Å². The van der Waals surface area contributed by atoms with Crippen molar-refractivity contribution in [1.29, 1.82) is 0 Å². The molecular weight excluding hydrogens is 288 g/mol. The SMILES string of the molecule is CC(C)CN(Cc1ccncc1)C(=O)c1ccc2c(c1)CCO2. The first-order chi connectivity index (χ1) is 11.1. The number of carbonyl (C=O) groups excluding carboxylic acids is 1. The lowest BCUT2D eigenvalue weighted by molar-refractivity contribution is 0.0722. The Labute approximate surface area is 137 Å². The van der Waals surface area contributed by atoms with E-state index >= 15 is 0 Å². The van der Waals surface area contributed by atoms with Crippen molar-refractivity contribution in [2.45, 2.75) is 26.8 Å². The highest BCUT2D eigenvalue weighted by Crippen LogP contribution is 2.26. The summed E-state index contributed by atoms with van der Waals surface area (Å²) >= 11 is 0. The molecule has 23 heavy (non-hydrogen) atoms. The third-order valence-electron chi connectivity index (χ3n) is 3.93. The standard InChI is InChI=1S/C19H22N2O2/c1-14(2)12-21(13-15-5-8-20-9-6-15)19(22)17-3-4-18-16(11-17)7-10-23-18/h3-6,8-9,11,14H,7,10,12-13H2,1-2H3. The number of pyridine rings is 1. The molecule has 1 aromatic carbocycles. The molecule has 4 heteroatoms. The Morgan fingerprint density at radius 3 is 2.78 bits per heavy atom. The molecule has 0 saturated carbocycles. The molecule has 0 saturated heterocycles. The number of ether oxygens (including phenoxy) is 1. The van der Waals surface area contributed by atoms with Crippen LogP contribution in [0.4, 0.5) is 0 Å². The van der Waals surface area contributed by atoms with Gasteiger partial charge in [-0.3, -0.25) is 9.78 Å². The van der Waals surface area contributed by atoms with Gasteiger partial charge in [0.25, 0.3) is 5.91 Å². The van der Waals surface area contributed by atoms with Gasteiger partial charge in [-0.25, -0.2) is 0 Å². The minimum atomic E-state index is 0.0743. The van der Waals surface area contributed by atoms with Crippen LogP contribution in [0.1, 0.15) is 35.3 Å². The van der Waals surface area contributed by atoms with Gasteiger partial charge in [-0.15, -0.1) is 0 Å². The van der Waals surface area contributed by atoms with E-state index in [0.29, 0.717) is 19.1 Å². The third kappa shape index (κ3) is 3.70. The molecule has 2 aromatic rings. The zero-order valence-corrected chi connectivity index (χ0v) is 13.7. The Kier molecular flexibility index (Phi) is 4.60. The van der Waals surface area contributed by atoms with E-state index < -0.39 is 0 Å². The van der Waals surface area contributed by atoms with Crippen LogP contribution < -0.4 is 4.74 Å². The number of hydrogen-bond donors (Lipinski definition) is 0. The number of nitrogens with zero attached hydrogens (tertiary/aromatic N) is 2. The molecule has 0 fully saturated rings. The number of aromatic nitrogens is 1. The summed E-state index contributed by atoms with van der Waals surface area (Å²) in [7, 11) is 0. The van der Waals surface area contributed by atoms with Gasteiger partial charge in [-0.05, 0) is 47.4 Å². The molecule has 0 bridgehead atoms. The molecular formula is C19H22N2O2. The van der Waals surface area contributed by atoms with E-state index in [0.717, 1.165) is 35.4 Å². The quantitative estimate of drug-likeness (QED) is 0.851. The molecule has 0 spiro atoms. The number of amides is 1. The molecule has 0 unspecified atom stereocenters. The lowest BCUT2D eigenvalue weighted by Crippen LogP contribution is -2.33. The van der Waals surface area contributed by atoms with E-state index in [1.807, 2.05) is 35.2 Å². The predicted octanol–water partition coefficient (Wildman–Crippen LogP) is 3.31. The van der Waals surface area contributed by atoms with Gasteiger partial charge in [-0.1, -0.05) is 13.8 Å². The van der Waals surface area contributed by atoms with Crippen molar-refractivity contribution in [2.75, 3.05) is 13.2 Å².